The van der Waals surface area contributed by atoms with Crippen molar-refractivity contribution in [2.45, 2.75) is 51.1 Å². The molecule has 4 aromatic rings. The van der Waals surface area contributed by atoms with Gasteiger partial charge in [-0.05, 0) is 14.1 Å². The van der Waals surface area contributed by atoms with Crippen molar-refractivity contribution in [2.75, 3.05) is 27.2 Å². The van der Waals surface area contributed by atoms with Gasteiger partial charge < -0.3 is 4.90 Å². The van der Waals surface area contributed by atoms with Gasteiger partial charge in [0.1, 0.15) is 0 Å². The van der Waals surface area contributed by atoms with Crippen LogP contribution in [0, 0.1) is 22.6 Å². The second kappa shape index (κ2) is 13.1. The summed E-state index contributed by atoms with van der Waals surface area (Å²) in [4.78, 5) is 26.7. The molecule has 1 atom stereocenters. The normalized spacial score (nSPS) is 18.1. The summed E-state index contributed by atoms with van der Waals surface area (Å²) in [7, 11) is 4.06. The first-order chi connectivity index (χ1) is 21.8. The fourth-order valence-electron chi connectivity index (χ4n) is 6.84. The molecule has 1 unspecified atom stereocenters. The van der Waals surface area contributed by atoms with E-state index in [9.17, 15) is 10.1 Å². The molecule has 45 heavy (non-hydrogen) atoms. The number of nitrogens with zero attached hydrogens (tertiary/aromatic N) is 7. The van der Waals surface area contributed by atoms with E-state index in [0.29, 0.717) is 51.4 Å². The maximum atomic E-state index is 15.6. The predicted octanol–water partition coefficient (Wildman–Crippen LogP) is 4.78. The van der Waals surface area contributed by atoms with Gasteiger partial charge in [0.25, 0.3) is 0 Å². The molecule has 1 aliphatic carbocycles. The van der Waals surface area contributed by atoms with E-state index in [4.69, 9.17) is 9.84 Å². The van der Waals surface area contributed by atoms with Gasteiger partial charge in [-0.1, -0.05) is 12.8 Å². The molecule has 11 heteroatoms. The predicted molar refractivity (Wildman–Crippen MR) is 171 cm³/mol. The summed E-state index contributed by atoms with van der Waals surface area (Å²) in [6.07, 6.45) is 9.15. The number of likely N-dealkylation sites (tertiary alicyclic amines) is 1. The van der Waals surface area contributed by atoms with Crippen molar-refractivity contribution in [1.82, 2.24) is 29.5 Å². The van der Waals surface area contributed by atoms with Gasteiger partial charge in [0, 0.05) is 0 Å². The van der Waals surface area contributed by atoms with Crippen molar-refractivity contribution in [3.05, 3.63) is 72.3 Å². The smallest absolute Gasteiger partial charge is 0.0524 e. The van der Waals surface area contributed by atoms with Gasteiger partial charge in [0.2, 0.25) is 0 Å². The Morgan fingerprint density at radius 2 is 1.93 bits per heavy atom. The molecular weight excluding hydrogens is 632 g/mol. The number of carbonyl (C=O) groups is 1. The van der Waals surface area contributed by atoms with E-state index in [1.807, 2.05) is 50.5 Å². The minimum Gasteiger partial charge on any atom is -0.0524 e. The summed E-state index contributed by atoms with van der Waals surface area (Å²) in [5.41, 5.74) is 1.34. The standard InChI is InChI=1S/C34H35AsFN7O2/c1-41(2)21-34(14-6-7-15-34)18-23(19-37)33(44)42-16-8-9-24(42)20-43-32-29(31(35)38-22-39-32)30(40-43)27-13-12-26(17-28(27)36)45-25-10-4-3-5-11-25/h3-5,10-13,17-18,22,24H,6-9,14-16,20-21H2,1-2H3. The maximum absolute atomic E-state index is 15.6. The SMILES string of the molecule is CN(C)CC1(C=C(C#N)C(=O)N2CCCC2Cn2nc(-c3ccc(Oc4ccccc4)cc3F)c3c([As])ncnc32)CCCC1. The molecule has 230 valence electrons. The Labute approximate surface area is 271 Å². The summed E-state index contributed by atoms with van der Waals surface area (Å²) in [6.45, 7) is 1.74. The molecule has 0 N–H and O–H groups in total. The molecule has 3 heterocycles. The number of halogens is 1. The summed E-state index contributed by atoms with van der Waals surface area (Å²) >= 11 is 2.41. The van der Waals surface area contributed by atoms with Gasteiger partial charge in [-0.15, -0.1) is 0 Å². The van der Waals surface area contributed by atoms with E-state index >= 15 is 4.39 Å². The van der Waals surface area contributed by atoms with E-state index in [2.05, 4.69) is 37.8 Å². The summed E-state index contributed by atoms with van der Waals surface area (Å²) in [6, 6.07) is 16.0. The number of hydrogen-bond acceptors (Lipinski definition) is 7. The summed E-state index contributed by atoms with van der Waals surface area (Å²) in [5.74, 6) is 0.276. The zero-order valence-electron chi connectivity index (χ0n) is 25.5. The van der Waals surface area contributed by atoms with Crippen LogP contribution in [0.3, 0.4) is 0 Å². The van der Waals surface area contributed by atoms with E-state index in [0.717, 1.165) is 45.1 Å². The van der Waals surface area contributed by atoms with Crippen molar-refractivity contribution in [2.24, 2.45) is 5.41 Å². The van der Waals surface area contributed by atoms with E-state index in [1.165, 1.54) is 12.4 Å². The number of fused-ring (bicyclic) bond motifs is 1. The second-order valence-electron chi connectivity index (χ2n) is 12.3. The molecule has 1 amide bonds. The van der Waals surface area contributed by atoms with Crippen LogP contribution in [0.1, 0.15) is 38.5 Å². The number of carbonyl (C=O) groups excluding carboxylic acids is 1. The Balaban J connectivity index is 1.29. The van der Waals surface area contributed by atoms with Crippen molar-refractivity contribution >= 4 is 38.3 Å². The van der Waals surface area contributed by atoms with E-state index in [1.54, 1.807) is 21.7 Å². The number of para-hydroxylation sites is 1. The van der Waals surface area contributed by atoms with Crippen molar-refractivity contribution in [3.63, 3.8) is 0 Å². The third kappa shape index (κ3) is 6.51. The van der Waals surface area contributed by atoms with Gasteiger partial charge in [-0.2, -0.15) is 0 Å². The Morgan fingerprint density at radius 3 is 2.64 bits per heavy atom. The third-order valence-corrected chi connectivity index (χ3v) is 9.45. The van der Waals surface area contributed by atoms with Crippen molar-refractivity contribution in [1.29, 1.82) is 5.26 Å². The third-order valence-electron chi connectivity index (χ3n) is 8.74. The average molecular weight is 668 g/mol. The molecule has 2 radical (unpaired) electrons. The van der Waals surface area contributed by atoms with Gasteiger partial charge in [0.15, 0.2) is 0 Å². The van der Waals surface area contributed by atoms with Crippen LogP contribution in [0.25, 0.3) is 22.3 Å². The number of amides is 1. The monoisotopic (exact) mass is 667 g/mol. The molecule has 2 fully saturated rings. The van der Waals surface area contributed by atoms with Crippen LogP contribution in [0.15, 0.2) is 66.5 Å². The van der Waals surface area contributed by atoms with Gasteiger partial charge in [0.05, 0.1) is 0 Å². The van der Waals surface area contributed by atoms with Crippen LogP contribution >= 0.6 is 0 Å². The number of nitriles is 1. The van der Waals surface area contributed by atoms with Gasteiger partial charge >= 0.3 is 240 Å². The number of rotatable bonds is 9. The molecule has 1 saturated carbocycles. The molecule has 9 nitrogen and oxygen atoms in total. The molecule has 1 aliphatic heterocycles. The second-order valence-corrected chi connectivity index (χ2v) is 13.1. The Hall–Kier alpha value is -4.06. The van der Waals surface area contributed by atoms with Crippen LogP contribution in [0.2, 0.25) is 0 Å². The topological polar surface area (TPSA) is 100 Å². The number of hydrogen-bond donors (Lipinski definition) is 0. The van der Waals surface area contributed by atoms with E-state index < -0.39 is 5.82 Å². The minimum atomic E-state index is -0.481. The Bertz CT molecular complexity index is 1780. The van der Waals surface area contributed by atoms with E-state index in [-0.39, 0.29) is 22.9 Å². The molecular formula is C34H35AsFN7O2. The van der Waals surface area contributed by atoms with Crippen LogP contribution < -0.4 is 9.22 Å². The van der Waals surface area contributed by atoms with Crippen LogP contribution in [-0.4, -0.2) is 85.5 Å². The first-order valence-corrected chi connectivity index (χ1v) is 16.2. The quantitative estimate of drug-likeness (QED) is 0.144. The van der Waals surface area contributed by atoms with Gasteiger partial charge in [-0.3, -0.25) is 0 Å². The number of benzene rings is 2. The molecule has 1 saturated heterocycles. The van der Waals surface area contributed by atoms with Crippen molar-refractivity contribution in [3.8, 4) is 28.8 Å². The molecule has 6 rings (SSSR count). The fraction of sp³-hybridized carbons (Fsp3) is 0.382. The minimum absolute atomic E-state index is 0.162. The van der Waals surface area contributed by atoms with Crippen LogP contribution in [0.5, 0.6) is 11.5 Å². The molecule has 2 aliphatic rings. The van der Waals surface area contributed by atoms with Crippen LogP contribution in [-0.2, 0) is 11.3 Å². The number of ether oxygens (including phenoxy) is 1. The molecule has 2 aromatic heterocycles. The zero-order chi connectivity index (χ0) is 31.6. The zero-order valence-corrected chi connectivity index (χ0v) is 27.4. The molecule has 0 spiro atoms. The summed E-state index contributed by atoms with van der Waals surface area (Å²) in [5, 5.41) is 15.6. The first kappa shape index (κ1) is 30.9. The summed E-state index contributed by atoms with van der Waals surface area (Å²) < 4.78 is 23.8. The van der Waals surface area contributed by atoms with Crippen LogP contribution in [0.4, 0.5) is 4.39 Å². The van der Waals surface area contributed by atoms with Gasteiger partial charge in [-0.25, -0.2) is 0 Å². The van der Waals surface area contributed by atoms with Crippen molar-refractivity contribution < 1.29 is 13.9 Å². The first-order valence-electron chi connectivity index (χ1n) is 15.3. The average Bonchev–Trinajstić information content (AvgIpc) is 3.76. The number of aromatic nitrogens is 4. The molecule has 0 bridgehead atoms. The fourth-order valence-corrected chi connectivity index (χ4v) is 7.38. The Kier molecular flexibility index (Phi) is 9.02. The Morgan fingerprint density at radius 1 is 1.16 bits per heavy atom. The molecule has 2 aromatic carbocycles.